The van der Waals surface area contributed by atoms with Gasteiger partial charge in [-0.1, -0.05) is 42.6 Å². The predicted octanol–water partition coefficient (Wildman–Crippen LogP) is 3.82. The summed E-state index contributed by atoms with van der Waals surface area (Å²) in [4.78, 5) is 0. The van der Waals surface area contributed by atoms with Gasteiger partial charge in [-0.2, -0.15) is 0 Å². The number of hydrogen-bond acceptors (Lipinski definition) is 2. The molecular formula is C16H24ClNO. The van der Waals surface area contributed by atoms with Gasteiger partial charge >= 0.3 is 0 Å². The van der Waals surface area contributed by atoms with Crippen LogP contribution in [0, 0.1) is 0 Å². The van der Waals surface area contributed by atoms with Crippen LogP contribution in [0.3, 0.4) is 0 Å². The molecule has 3 unspecified atom stereocenters. The van der Waals surface area contributed by atoms with E-state index in [1.807, 2.05) is 25.3 Å². The second-order valence-electron chi connectivity index (χ2n) is 5.53. The third-order valence-corrected chi connectivity index (χ3v) is 4.36. The summed E-state index contributed by atoms with van der Waals surface area (Å²) < 4.78 is 5.59. The van der Waals surface area contributed by atoms with Crippen molar-refractivity contribution in [1.29, 1.82) is 0 Å². The minimum Gasteiger partial charge on any atom is -0.380 e. The van der Waals surface area contributed by atoms with E-state index in [1.54, 1.807) is 0 Å². The Morgan fingerprint density at radius 3 is 2.79 bits per heavy atom. The highest BCUT2D eigenvalue weighted by Crippen LogP contribution is 2.22. The van der Waals surface area contributed by atoms with Crippen LogP contribution < -0.4 is 5.32 Å². The summed E-state index contributed by atoms with van der Waals surface area (Å²) in [6.07, 6.45) is 6.30. The Labute approximate surface area is 121 Å². The van der Waals surface area contributed by atoms with E-state index in [0.29, 0.717) is 18.2 Å². The average Bonchev–Trinajstić information content (AvgIpc) is 2.42. The molecule has 106 valence electrons. The lowest BCUT2D eigenvalue weighted by Crippen LogP contribution is -2.47. The Bertz CT molecular complexity index is 396. The van der Waals surface area contributed by atoms with Crippen molar-refractivity contribution in [2.75, 3.05) is 7.11 Å². The number of nitrogens with one attached hydrogen (secondary N) is 1. The zero-order valence-electron chi connectivity index (χ0n) is 11.9. The third-order valence-electron chi connectivity index (χ3n) is 3.99. The van der Waals surface area contributed by atoms with Gasteiger partial charge in [-0.15, -0.1) is 0 Å². The van der Waals surface area contributed by atoms with Crippen LogP contribution in [0.5, 0.6) is 0 Å². The fourth-order valence-electron chi connectivity index (χ4n) is 2.99. The van der Waals surface area contributed by atoms with Crippen LogP contribution in [0.1, 0.15) is 38.2 Å². The van der Waals surface area contributed by atoms with Gasteiger partial charge in [0.1, 0.15) is 0 Å². The second kappa shape index (κ2) is 7.28. The SMILES string of the molecule is COC1CCCCC1NC(C)Cc1ccccc1Cl. The fourth-order valence-corrected chi connectivity index (χ4v) is 3.20. The van der Waals surface area contributed by atoms with Gasteiger partial charge in [-0.25, -0.2) is 0 Å². The van der Waals surface area contributed by atoms with Crippen LogP contribution in [-0.4, -0.2) is 25.3 Å². The van der Waals surface area contributed by atoms with Crippen molar-refractivity contribution < 1.29 is 4.74 Å². The van der Waals surface area contributed by atoms with Crippen LogP contribution in [0.15, 0.2) is 24.3 Å². The first-order valence-corrected chi connectivity index (χ1v) is 7.60. The molecule has 1 aromatic rings. The highest BCUT2D eigenvalue weighted by atomic mass is 35.5. The molecule has 1 aromatic carbocycles. The van der Waals surface area contributed by atoms with E-state index in [4.69, 9.17) is 16.3 Å². The van der Waals surface area contributed by atoms with Crippen molar-refractivity contribution in [2.45, 2.75) is 57.2 Å². The molecule has 0 amide bonds. The molecule has 2 nitrogen and oxygen atoms in total. The van der Waals surface area contributed by atoms with E-state index in [2.05, 4.69) is 18.3 Å². The first kappa shape index (κ1) is 14.8. The van der Waals surface area contributed by atoms with Crippen molar-refractivity contribution in [2.24, 2.45) is 0 Å². The summed E-state index contributed by atoms with van der Waals surface area (Å²) in [7, 11) is 1.82. The Morgan fingerprint density at radius 1 is 1.32 bits per heavy atom. The van der Waals surface area contributed by atoms with Gasteiger partial charge in [0, 0.05) is 24.2 Å². The van der Waals surface area contributed by atoms with Crippen molar-refractivity contribution >= 4 is 11.6 Å². The third kappa shape index (κ3) is 4.20. The molecule has 0 aliphatic heterocycles. The molecule has 1 saturated carbocycles. The zero-order valence-corrected chi connectivity index (χ0v) is 12.6. The molecule has 1 fully saturated rings. The van der Waals surface area contributed by atoms with Crippen LogP contribution in [0.2, 0.25) is 5.02 Å². The first-order valence-electron chi connectivity index (χ1n) is 7.23. The highest BCUT2D eigenvalue weighted by Gasteiger charge is 2.25. The molecule has 3 atom stereocenters. The average molecular weight is 282 g/mol. The molecule has 0 saturated heterocycles. The number of benzene rings is 1. The van der Waals surface area contributed by atoms with E-state index >= 15 is 0 Å². The highest BCUT2D eigenvalue weighted by molar-refractivity contribution is 6.31. The topological polar surface area (TPSA) is 21.3 Å². The first-order chi connectivity index (χ1) is 9.20. The Hall–Kier alpha value is -0.570. The van der Waals surface area contributed by atoms with Crippen molar-refractivity contribution in [3.63, 3.8) is 0 Å². The largest absolute Gasteiger partial charge is 0.380 e. The molecule has 1 N–H and O–H groups in total. The monoisotopic (exact) mass is 281 g/mol. The Morgan fingerprint density at radius 2 is 2.05 bits per heavy atom. The lowest BCUT2D eigenvalue weighted by Gasteiger charge is -2.33. The number of hydrogen-bond donors (Lipinski definition) is 1. The maximum absolute atomic E-state index is 6.21. The summed E-state index contributed by atoms with van der Waals surface area (Å²) in [6.45, 7) is 2.23. The Balaban J connectivity index is 1.90. The minimum absolute atomic E-state index is 0.363. The summed E-state index contributed by atoms with van der Waals surface area (Å²) >= 11 is 6.21. The lowest BCUT2D eigenvalue weighted by molar-refractivity contribution is 0.0384. The predicted molar refractivity (Wildman–Crippen MR) is 80.8 cm³/mol. The van der Waals surface area contributed by atoms with E-state index in [-0.39, 0.29) is 0 Å². The second-order valence-corrected chi connectivity index (χ2v) is 5.94. The minimum atomic E-state index is 0.363. The van der Waals surface area contributed by atoms with Gasteiger partial charge in [0.25, 0.3) is 0 Å². The number of halogens is 1. The molecule has 0 bridgehead atoms. The fraction of sp³-hybridized carbons (Fsp3) is 0.625. The van der Waals surface area contributed by atoms with Crippen LogP contribution in [-0.2, 0) is 11.2 Å². The lowest BCUT2D eigenvalue weighted by atomic mass is 9.91. The smallest absolute Gasteiger partial charge is 0.0724 e. The van der Waals surface area contributed by atoms with E-state index < -0.39 is 0 Å². The molecule has 0 radical (unpaired) electrons. The molecule has 0 heterocycles. The van der Waals surface area contributed by atoms with Crippen LogP contribution >= 0.6 is 11.6 Å². The van der Waals surface area contributed by atoms with Gasteiger partial charge < -0.3 is 10.1 Å². The maximum Gasteiger partial charge on any atom is 0.0724 e. The van der Waals surface area contributed by atoms with Crippen LogP contribution in [0.4, 0.5) is 0 Å². The van der Waals surface area contributed by atoms with Crippen molar-refractivity contribution in [1.82, 2.24) is 5.32 Å². The zero-order chi connectivity index (χ0) is 13.7. The molecule has 2 rings (SSSR count). The van der Waals surface area contributed by atoms with Gasteiger partial charge in [-0.05, 0) is 37.8 Å². The summed E-state index contributed by atoms with van der Waals surface area (Å²) in [6, 6.07) is 8.99. The molecule has 1 aliphatic carbocycles. The number of ether oxygens (including phenoxy) is 1. The summed E-state index contributed by atoms with van der Waals surface area (Å²) in [5, 5.41) is 4.58. The quantitative estimate of drug-likeness (QED) is 0.886. The Kier molecular flexibility index (Phi) is 5.68. The summed E-state index contributed by atoms with van der Waals surface area (Å²) in [5.74, 6) is 0. The summed E-state index contributed by atoms with van der Waals surface area (Å²) in [5.41, 5.74) is 1.22. The van der Waals surface area contributed by atoms with Gasteiger partial charge in [0.15, 0.2) is 0 Å². The molecule has 1 aliphatic rings. The van der Waals surface area contributed by atoms with E-state index in [1.165, 1.54) is 31.2 Å². The normalized spacial score (nSPS) is 25.2. The van der Waals surface area contributed by atoms with Gasteiger partial charge in [0.2, 0.25) is 0 Å². The van der Waals surface area contributed by atoms with Crippen molar-refractivity contribution in [3.05, 3.63) is 34.9 Å². The van der Waals surface area contributed by atoms with E-state index in [0.717, 1.165) is 11.4 Å². The van der Waals surface area contributed by atoms with E-state index in [9.17, 15) is 0 Å². The maximum atomic E-state index is 6.21. The standard InChI is InChI=1S/C16H24ClNO/c1-12(11-13-7-3-4-8-14(13)17)18-15-9-5-6-10-16(15)19-2/h3-4,7-8,12,15-16,18H,5-6,9-11H2,1-2H3. The molecule has 19 heavy (non-hydrogen) atoms. The molecular weight excluding hydrogens is 258 g/mol. The van der Waals surface area contributed by atoms with Gasteiger partial charge in [-0.3, -0.25) is 0 Å². The number of methoxy groups -OCH3 is 1. The van der Waals surface area contributed by atoms with Crippen LogP contribution in [0.25, 0.3) is 0 Å². The molecule has 0 spiro atoms. The van der Waals surface area contributed by atoms with Crippen molar-refractivity contribution in [3.8, 4) is 0 Å². The molecule has 0 aromatic heterocycles. The number of rotatable bonds is 5. The molecule has 3 heteroatoms. The van der Waals surface area contributed by atoms with Gasteiger partial charge in [0.05, 0.1) is 6.10 Å².